The highest BCUT2D eigenvalue weighted by molar-refractivity contribution is 9.10. The van der Waals surface area contributed by atoms with Crippen LogP contribution in [0, 0.1) is 10.1 Å². The summed E-state index contributed by atoms with van der Waals surface area (Å²) >= 11 is 3.42. The molecular formula is C19H14BrN5O2. The lowest BCUT2D eigenvalue weighted by Crippen LogP contribution is -2.21. The van der Waals surface area contributed by atoms with Crippen molar-refractivity contribution < 1.29 is 4.92 Å². The summed E-state index contributed by atoms with van der Waals surface area (Å²) in [5.41, 5.74) is 3.18. The molecule has 0 spiro atoms. The summed E-state index contributed by atoms with van der Waals surface area (Å²) in [5, 5.41) is 23.1. The number of nitro groups is 1. The Balaban J connectivity index is 1.83. The summed E-state index contributed by atoms with van der Waals surface area (Å²) in [6.07, 6.45) is -0.460. The van der Waals surface area contributed by atoms with Gasteiger partial charge < -0.3 is 5.32 Å². The molecule has 7 nitrogen and oxygen atoms in total. The average molecular weight is 424 g/mol. The fourth-order valence-electron chi connectivity index (χ4n) is 2.88. The molecule has 1 unspecified atom stereocenters. The predicted molar refractivity (Wildman–Crippen MR) is 107 cm³/mol. The van der Waals surface area contributed by atoms with Gasteiger partial charge in [0.25, 0.3) is 5.69 Å². The second kappa shape index (κ2) is 7.16. The Kier molecular flexibility index (Phi) is 4.55. The van der Waals surface area contributed by atoms with Crippen LogP contribution in [0.1, 0.15) is 11.7 Å². The number of aromatic nitrogens is 3. The van der Waals surface area contributed by atoms with E-state index in [1.165, 1.54) is 6.07 Å². The van der Waals surface area contributed by atoms with Gasteiger partial charge in [0.1, 0.15) is 11.7 Å². The number of nitro benzene ring substituents is 1. The summed E-state index contributed by atoms with van der Waals surface area (Å²) in [4.78, 5) is 10.8. The topological polar surface area (TPSA) is 85.9 Å². The van der Waals surface area contributed by atoms with Crippen LogP contribution in [-0.4, -0.2) is 19.9 Å². The first kappa shape index (κ1) is 17.2. The van der Waals surface area contributed by atoms with E-state index in [0.717, 1.165) is 21.2 Å². The van der Waals surface area contributed by atoms with Crippen molar-refractivity contribution in [2.24, 2.45) is 0 Å². The Hall–Kier alpha value is -3.26. The minimum Gasteiger partial charge on any atom is -0.360 e. The summed E-state index contributed by atoms with van der Waals surface area (Å²) < 4.78 is 2.70. The third kappa shape index (κ3) is 3.52. The van der Waals surface area contributed by atoms with Crippen LogP contribution >= 0.6 is 15.9 Å². The quantitative estimate of drug-likeness (QED) is 0.369. The molecule has 0 aliphatic carbocycles. The number of benzene rings is 3. The molecule has 0 bridgehead atoms. The molecule has 3 aromatic carbocycles. The fourth-order valence-corrected chi connectivity index (χ4v) is 3.14. The summed E-state index contributed by atoms with van der Waals surface area (Å²) in [7, 11) is 0. The number of fused-ring (bicyclic) bond motifs is 1. The molecule has 27 heavy (non-hydrogen) atoms. The number of para-hydroxylation sites is 1. The van der Waals surface area contributed by atoms with Crippen molar-refractivity contribution in [3.8, 4) is 0 Å². The largest absolute Gasteiger partial charge is 0.360 e. The molecule has 0 aliphatic rings. The molecule has 1 heterocycles. The average Bonchev–Trinajstić information content (AvgIpc) is 3.11. The molecular weight excluding hydrogens is 410 g/mol. The van der Waals surface area contributed by atoms with Crippen molar-refractivity contribution >= 4 is 38.3 Å². The molecule has 1 N–H and O–H groups in total. The van der Waals surface area contributed by atoms with Crippen molar-refractivity contribution in [3.05, 3.63) is 92.9 Å². The van der Waals surface area contributed by atoms with Gasteiger partial charge in [-0.1, -0.05) is 45.4 Å². The molecule has 0 saturated carbocycles. The minimum absolute atomic E-state index is 0.0273. The second-order valence-electron chi connectivity index (χ2n) is 5.93. The van der Waals surface area contributed by atoms with E-state index in [-0.39, 0.29) is 5.69 Å². The number of nitrogens with zero attached hydrogens (tertiary/aromatic N) is 4. The monoisotopic (exact) mass is 423 g/mol. The zero-order valence-corrected chi connectivity index (χ0v) is 15.6. The van der Waals surface area contributed by atoms with E-state index in [9.17, 15) is 10.1 Å². The number of halogens is 1. The fraction of sp³-hybridized carbons (Fsp3) is 0.0526. The van der Waals surface area contributed by atoms with Gasteiger partial charge in [-0.25, -0.2) is 4.68 Å². The van der Waals surface area contributed by atoms with E-state index in [0.29, 0.717) is 5.56 Å². The van der Waals surface area contributed by atoms with Gasteiger partial charge in [-0.3, -0.25) is 10.1 Å². The van der Waals surface area contributed by atoms with Crippen LogP contribution in [0.15, 0.2) is 77.3 Å². The van der Waals surface area contributed by atoms with Crippen LogP contribution in [0.3, 0.4) is 0 Å². The van der Waals surface area contributed by atoms with Gasteiger partial charge >= 0.3 is 0 Å². The molecule has 1 atom stereocenters. The van der Waals surface area contributed by atoms with Gasteiger partial charge in [0.15, 0.2) is 0 Å². The number of hydrogen-bond acceptors (Lipinski definition) is 5. The lowest BCUT2D eigenvalue weighted by Gasteiger charge is -2.21. The van der Waals surface area contributed by atoms with E-state index < -0.39 is 11.1 Å². The number of non-ortho nitro benzene ring substituents is 1. The number of hydrogen-bond donors (Lipinski definition) is 1. The van der Waals surface area contributed by atoms with Gasteiger partial charge in [-0.2, -0.15) is 0 Å². The minimum atomic E-state index is -0.460. The Morgan fingerprint density at radius 2 is 1.81 bits per heavy atom. The SMILES string of the molecule is O=[N+]([O-])c1cccc(C(Nc2ccc(Br)cc2)n2nnc3ccccc32)c1. The van der Waals surface area contributed by atoms with Crippen molar-refractivity contribution in [2.45, 2.75) is 6.17 Å². The van der Waals surface area contributed by atoms with Crippen molar-refractivity contribution in [2.75, 3.05) is 5.32 Å². The summed E-state index contributed by atoms with van der Waals surface area (Å²) in [6, 6.07) is 21.8. The third-order valence-corrected chi connectivity index (χ3v) is 4.69. The molecule has 0 amide bonds. The predicted octanol–water partition coefficient (Wildman–Crippen LogP) is 4.76. The van der Waals surface area contributed by atoms with Crippen LogP contribution in [0.25, 0.3) is 11.0 Å². The maximum absolute atomic E-state index is 11.2. The van der Waals surface area contributed by atoms with Crippen molar-refractivity contribution in [3.63, 3.8) is 0 Å². The van der Waals surface area contributed by atoms with Gasteiger partial charge in [0.05, 0.1) is 10.4 Å². The van der Waals surface area contributed by atoms with Crippen LogP contribution < -0.4 is 5.32 Å². The smallest absolute Gasteiger partial charge is 0.269 e. The molecule has 0 saturated heterocycles. The number of anilines is 1. The highest BCUT2D eigenvalue weighted by Gasteiger charge is 2.20. The Morgan fingerprint density at radius 1 is 1.04 bits per heavy atom. The maximum Gasteiger partial charge on any atom is 0.269 e. The first-order valence-corrected chi connectivity index (χ1v) is 8.97. The molecule has 0 aliphatic heterocycles. The van der Waals surface area contributed by atoms with Crippen LogP contribution in [0.5, 0.6) is 0 Å². The van der Waals surface area contributed by atoms with Gasteiger partial charge in [-0.05, 0) is 36.4 Å². The number of nitrogens with one attached hydrogen (secondary N) is 1. The number of rotatable bonds is 5. The highest BCUT2D eigenvalue weighted by atomic mass is 79.9. The van der Waals surface area contributed by atoms with Gasteiger partial charge in [-0.15, -0.1) is 5.10 Å². The zero-order chi connectivity index (χ0) is 18.8. The molecule has 134 valence electrons. The van der Waals surface area contributed by atoms with E-state index in [1.54, 1.807) is 16.8 Å². The standard InChI is InChI=1S/C19H14BrN5O2/c20-14-8-10-15(11-9-14)21-19(13-4-3-5-16(12-13)25(26)27)24-18-7-2-1-6-17(18)22-23-24/h1-12,19,21H. The summed E-state index contributed by atoms with van der Waals surface area (Å²) in [5.74, 6) is 0. The van der Waals surface area contributed by atoms with Crippen molar-refractivity contribution in [1.82, 2.24) is 15.0 Å². The molecule has 4 aromatic rings. The van der Waals surface area contributed by atoms with E-state index in [2.05, 4.69) is 31.6 Å². The highest BCUT2D eigenvalue weighted by Crippen LogP contribution is 2.27. The van der Waals surface area contributed by atoms with Crippen LogP contribution in [-0.2, 0) is 0 Å². The van der Waals surface area contributed by atoms with Gasteiger partial charge in [0.2, 0.25) is 0 Å². The van der Waals surface area contributed by atoms with E-state index in [1.807, 2.05) is 54.6 Å². The molecule has 0 radical (unpaired) electrons. The molecule has 8 heteroatoms. The maximum atomic E-state index is 11.2. The first-order valence-electron chi connectivity index (χ1n) is 8.18. The summed E-state index contributed by atoms with van der Waals surface area (Å²) in [6.45, 7) is 0. The van der Waals surface area contributed by atoms with Crippen molar-refractivity contribution in [1.29, 1.82) is 0 Å². The van der Waals surface area contributed by atoms with E-state index in [4.69, 9.17) is 0 Å². The Labute approximate surface area is 162 Å². The van der Waals surface area contributed by atoms with Crippen LogP contribution in [0.2, 0.25) is 0 Å². The molecule has 0 fully saturated rings. The lowest BCUT2D eigenvalue weighted by atomic mass is 10.1. The Bertz CT molecular complexity index is 1110. The van der Waals surface area contributed by atoms with Gasteiger partial charge in [0, 0.05) is 27.9 Å². The Morgan fingerprint density at radius 3 is 2.59 bits per heavy atom. The zero-order valence-electron chi connectivity index (χ0n) is 14.0. The third-order valence-electron chi connectivity index (χ3n) is 4.17. The first-order chi connectivity index (χ1) is 13.1. The van der Waals surface area contributed by atoms with Crippen LogP contribution in [0.4, 0.5) is 11.4 Å². The normalized spacial score (nSPS) is 12.0. The molecule has 1 aromatic heterocycles. The lowest BCUT2D eigenvalue weighted by molar-refractivity contribution is -0.384. The van der Waals surface area contributed by atoms with E-state index >= 15 is 0 Å². The molecule has 4 rings (SSSR count). The second-order valence-corrected chi connectivity index (χ2v) is 6.84.